The number of hydrogen-bond donors (Lipinski definition) is 3. The summed E-state index contributed by atoms with van der Waals surface area (Å²) in [7, 11) is 0. The molecule has 0 radical (unpaired) electrons. The molecule has 196 valence electrons. The average Bonchev–Trinajstić information content (AvgIpc) is 2.81. The van der Waals surface area contributed by atoms with Gasteiger partial charge in [0.25, 0.3) is 0 Å². The van der Waals surface area contributed by atoms with Crippen LogP contribution < -0.4 is 4.74 Å². The van der Waals surface area contributed by atoms with E-state index in [1.807, 2.05) is 0 Å². The van der Waals surface area contributed by atoms with Crippen molar-refractivity contribution in [2.75, 3.05) is 6.61 Å². The van der Waals surface area contributed by atoms with Gasteiger partial charge in [0.1, 0.15) is 11.3 Å². The SMILES string of the molecule is CCCCCCCCOc1c(CCCCCCC)c(CCCCCCC)c(O)c(O)c1C(=O)O. The van der Waals surface area contributed by atoms with Gasteiger partial charge >= 0.3 is 5.97 Å². The first-order chi connectivity index (χ1) is 16.5. The molecule has 5 nitrogen and oxygen atoms in total. The van der Waals surface area contributed by atoms with Gasteiger partial charge in [-0.15, -0.1) is 0 Å². The average molecular weight is 479 g/mol. The number of phenols is 2. The Balaban J connectivity index is 3.11. The van der Waals surface area contributed by atoms with E-state index in [1.54, 1.807) is 0 Å². The van der Waals surface area contributed by atoms with E-state index in [0.29, 0.717) is 25.0 Å². The maximum atomic E-state index is 12.1. The number of hydrogen-bond acceptors (Lipinski definition) is 4. The molecule has 3 N–H and O–H groups in total. The molecule has 1 aromatic rings. The van der Waals surface area contributed by atoms with Gasteiger partial charge in [-0.25, -0.2) is 4.79 Å². The summed E-state index contributed by atoms with van der Waals surface area (Å²) in [6.07, 6.45) is 18.9. The van der Waals surface area contributed by atoms with Crippen molar-refractivity contribution in [3.8, 4) is 17.2 Å². The molecule has 0 aromatic heterocycles. The zero-order chi connectivity index (χ0) is 25.2. The van der Waals surface area contributed by atoms with Gasteiger partial charge in [0.2, 0.25) is 0 Å². The van der Waals surface area contributed by atoms with Crippen LogP contribution in [-0.2, 0) is 12.8 Å². The Labute approximate surface area is 207 Å². The predicted molar refractivity (Wildman–Crippen MR) is 141 cm³/mol. The second-order valence-electron chi connectivity index (χ2n) is 9.61. The highest BCUT2D eigenvalue weighted by atomic mass is 16.5. The lowest BCUT2D eigenvalue weighted by Gasteiger charge is -2.21. The zero-order valence-corrected chi connectivity index (χ0v) is 22.1. The van der Waals surface area contributed by atoms with Gasteiger partial charge in [0.05, 0.1) is 6.61 Å². The van der Waals surface area contributed by atoms with E-state index >= 15 is 0 Å². The zero-order valence-electron chi connectivity index (χ0n) is 22.1. The van der Waals surface area contributed by atoms with Crippen LogP contribution in [0.15, 0.2) is 0 Å². The molecule has 0 atom stereocenters. The maximum absolute atomic E-state index is 12.1. The molecule has 0 amide bonds. The summed E-state index contributed by atoms with van der Waals surface area (Å²) in [4.78, 5) is 12.1. The molecule has 1 rings (SSSR count). The lowest BCUT2D eigenvalue weighted by molar-refractivity contribution is 0.0687. The largest absolute Gasteiger partial charge is 0.504 e. The van der Waals surface area contributed by atoms with Crippen LogP contribution in [0.1, 0.15) is 145 Å². The Morgan fingerprint density at radius 3 is 1.56 bits per heavy atom. The summed E-state index contributed by atoms with van der Waals surface area (Å²) >= 11 is 0. The quantitative estimate of drug-likeness (QED) is 0.122. The Morgan fingerprint density at radius 2 is 1.06 bits per heavy atom. The van der Waals surface area contributed by atoms with E-state index in [4.69, 9.17) is 4.74 Å². The fourth-order valence-corrected chi connectivity index (χ4v) is 4.56. The second kappa shape index (κ2) is 18.4. The van der Waals surface area contributed by atoms with E-state index in [-0.39, 0.29) is 17.1 Å². The second-order valence-corrected chi connectivity index (χ2v) is 9.61. The fourth-order valence-electron chi connectivity index (χ4n) is 4.56. The molecule has 1 aromatic carbocycles. The summed E-state index contributed by atoms with van der Waals surface area (Å²) in [6.45, 7) is 6.98. The summed E-state index contributed by atoms with van der Waals surface area (Å²) in [5.74, 6) is -1.81. The summed E-state index contributed by atoms with van der Waals surface area (Å²) in [6, 6.07) is 0. The molecule has 0 aliphatic rings. The number of carbonyl (C=O) groups is 1. The molecular weight excluding hydrogens is 428 g/mol. The number of benzene rings is 1. The van der Waals surface area contributed by atoms with Crippen molar-refractivity contribution in [3.63, 3.8) is 0 Å². The Morgan fingerprint density at radius 1 is 0.618 bits per heavy atom. The molecule has 5 heteroatoms. The van der Waals surface area contributed by atoms with Crippen molar-refractivity contribution in [1.82, 2.24) is 0 Å². The van der Waals surface area contributed by atoms with Gasteiger partial charge in [-0.05, 0) is 32.1 Å². The van der Waals surface area contributed by atoms with Crippen LogP contribution >= 0.6 is 0 Å². The lowest BCUT2D eigenvalue weighted by Crippen LogP contribution is -2.11. The van der Waals surface area contributed by atoms with Crippen molar-refractivity contribution in [1.29, 1.82) is 0 Å². The molecule has 0 saturated heterocycles. The molecule has 0 aliphatic carbocycles. The monoisotopic (exact) mass is 478 g/mol. The van der Waals surface area contributed by atoms with Gasteiger partial charge in [0.15, 0.2) is 11.5 Å². The molecule has 34 heavy (non-hydrogen) atoms. The number of unbranched alkanes of at least 4 members (excludes halogenated alkanes) is 13. The topological polar surface area (TPSA) is 87.0 Å². The fraction of sp³-hybridized carbons (Fsp3) is 0.759. The number of phenolic OH excluding ortho intramolecular Hbond substituents is 1. The minimum Gasteiger partial charge on any atom is -0.504 e. The number of aromatic carboxylic acids is 1. The third kappa shape index (κ3) is 10.6. The van der Waals surface area contributed by atoms with E-state index < -0.39 is 11.7 Å². The first-order valence-electron chi connectivity index (χ1n) is 13.9. The van der Waals surface area contributed by atoms with Crippen LogP contribution in [0.5, 0.6) is 17.2 Å². The number of rotatable bonds is 21. The van der Waals surface area contributed by atoms with Crippen LogP contribution in [-0.4, -0.2) is 27.9 Å². The number of ether oxygens (including phenoxy) is 1. The number of aromatic hydroxyl groups is 2. The van der Waals surface area contributed by atoms with Gasteiger partial charge in [-0.1, -0.05) is 104 Å². The van der Waals surface area contributed by atoms with Crippen LogP contribution in [0.25, 0.3) is 0 Å². The van der Waals surface area contributed by atoms with Crippen LogP contribution in [0, 0.1) is 0 Å². The highest BCUT2D eigenvalue weighted by molar-refractivity contribution is 5.96. The van der Waals surface area contributed by atoms with Crippen molar-refractivity contribution in [3.05, 3.63) is 16.7 Å². The lowest BCUT2D eigenvalue weighted by atomic mass is 9.91. The maximum Gasteiger partial charge on any atom is 0.343 e. The third-order valence-corrected chi connectivity index (χ3v) is 6.63. The summed E-state index contributed by atoms with van der Waals surface area (Å²) in [5, 5.41) is 31.3. The smallest absolute Gasteiger partial charge is 0.343 e. The molecule has 0 spiro atoms. The molecule has 0 heterocycles. The van der Waals surface area contributed by atoms with Crippen molar-refractivity contribution in [2.45, 2.75) is 136 Å². The van der Waals surface area contributed by atoms with E-state index in [9.17, 15) is 20.1 Å². The molecule has 0 saturated carbocycles. The highest BCUT2D eigenvalue weighted by Gasteiger charge is 2.28. The van der Waals surface area contributed by atoms with Gasteiger partial charge < -0.3 is 20.1 Å². The van der Waals surface area contributed by atoms with Gasteiger partial charge in [-0.2, -0.15) is 0 Å². The molecule has 0 bridgehead atoms. The van der Waals surface area contributed by atoms with Crippen molar-refractivity contribution >= 4 is 5.97 Å². The normalized spacial score (nSPS) is 11.1. The number of carboxylic acid groups (broad SMARTS) is 1. The Kier molecular flexibility index (Phi) is 16.3. The first-order valence-corrected chi connectivity index (χ1v) is 13.9. The predicted octanol–water partition coefficient (Wildman–Crippen LogP) is 8.56. The molecule has 0 aliphatic heterocycles. The van der Waals surface area contributed by atoms with E-state index in [1.165, 1.54) is 44.9 Å². The Bertz CT molecular complexity index is 698. The van der Waals surface area contributed by atoms with Crippen LogP contribution in [0.4, 0.5) is 0 Å². The summed E-state index contributed by atoms with van der Waals surface area (Å²) in [5.41, 5.74) is 1.17. The van der Waals surface area contributed by atoms with Crippen molar-refractivity contribution in [2.24, 2.45) is 0 Å². The first kappa shape index (κ1) is 30.1. The van der Waals surface area contributed by atoms with Gasteiger partial charge in [0, 0.05) is 11.1 Å². The van der Waals surface area contributed by atoms with Crippen LogP contribution in [0.2, 0.25) is 0 Å². The van der Waals surface area contributed by atoms with E-state index in [2.05, 4.69) is 20.8 Å². The van der Waals surface area contributed by atoms with Gasteiger partial charge in [-0.3, -0.25) is 0 Å². The summed E-state index contributed by atoms with van der Waals surface area (Å²) < 4.78 is 6.08. The number of carboxylic acids is 1. The minimum absolute atomic E-state index is 0.274. The van der Waals surface area contributed by atoms with Crippen LogP contribution in [0.3, 0.4) is 0 Å². The van der Waals surface area contributed by atoms with Crippen molar-refractivity contribution < 1.29 is 24.9 Å². The minimum atomic E-state index is -1.26. The van der Waals surface area contributed by atoms with E-state index in [0.717, 1.165) is 63.4 Å². The standard InChI is InChI=1S/C29H50O5/c1-4-7-10-13-16-19-22-34-28-24(21-18-15-12-9-6-3)23(20-17-14-11-8-5-2)26(30)27(31)25(28)29(32)33/h30-31H,4-22H2,1-3H3,(H,32,33). The molecular formula is C29H50O5. The third-order valence-electron chi connectivity index (χ3n) is 6.63. The Hall–Kier alpha value is -1.91. The molecule has 0 unspecified atom stereocenters. The molecule has 0 fully saturated rings. The highest BCUT2D eigenvalue weighted by Crippen LogP contribution is 2.44.